The third-order valence-corrected chi connectivity index (χ3v) is 2.32. The van der Waals surface area contributed by atoms with Crippen molar-refractivity contribution in [3.05, 3.63) is 46.8 Å². The number of hydrogen-bond donors (Lipinski definition) is 1. The maximum absolute atomic E-state index is 11.5. The number of nitriles is 1. The molecule has 80 valence electrons. The summed E-state index contributed by atoms with van der Waals surface area (Å²) in [5, 5.41) is 11.4. The van der Waals surface area contributed by atoms with Gasteiger partial charge in [0, 0.05) is 6.07 Å². The maximum atomic E-state index is 11.5. The van der Waals surface area contributed by atoms with Crippen LogP contribution in [0.3, 0.4) is 0 Å². The van der Waals surface area contributed by atoms with Crippen LogP contribution in [0.2, 0.25) is 0 Å². The van der Waals surface area contributed by atoms with Crippen LogP contribution in [0.25, 0.3) is 11.3 Å². The molecule has 0 bridgehead atoms. The largest absolute Gasteiger partial charge is 0.295 e. The fourth-order valence-corrected chi connectivity index (χ4v) is 1.53. The molecular weight excluding hydrogens is 202 g/mol. The van der Waals surface area contributed by atoms with Crippen LogP contribution in [0, 0.1) is 11.3 Å². The Bertz CT molecular complexity index is 560. The molecule has 16 heavy (non-hydrogen) atoms. The second kappa shape index (κ2) is 4.49. The van der Waals surface area contributed by atoms with E-state index in [0.717, 1.165) is 11.3 Å². The molecule has 4 nitrogen and oxygen atoms in total. The van der Waals surface area contributed by atoms with Crippen LogP contribution in [0.1, 0.15) is 6.42 Å². The van der Waals surface area contributed by atoms with E-state index >= 15 is 0 Å². The minimum Gasteiger partial charge on any atom is -0.295 e. The van der Waals surface area contributed by atoms with Crippen LogP contribution in [0.5, 0.6) is 0 Å². The summed E-state index contributed by atoms with van der Waals surface area (Å²) < 4.78 is 1.45. The molecule has 0 unspecified atom stereocenters. The molecule has 2 aromatic rings. The third-order valence-electron chi connectivity index (χ3n) is 2.32. The van der Waals surface area contributed by atoms with Crippen LogP contribution in [0.4, 0.5) is 0 Å². The normalized spacial score (nSPS) is 9.94. The lowest BCUT2D eigenvalue weighted by Gasteiger charge is -1.98. The molecule has 0 radical (unpaired) electrons. The zero-order valence-corrected chi connectivity index (χ0v) is 8.68. The molecule has 1 heterocycles. The molecule has 0 saturated carbocycles. The van der Waals surface area contributed by atoms with E-state index in [0.29, 0.717) is 13.0 Å². The van der Waals surface area contributed by atoms with Crippen molar-refractivity contribution in [2.24, 2.45) is 0 Å². The molecule has 0 aliphatic heterocycles. The molecule has 1 aromatic heterocycles. The summed E-state index contributed by atoms with van der Waals surface area (Å²) in [6, 6.07) is 13.2. The fraction of sp³-hybridized carbons (Fsp3) is 0.167. The lowest BCUT2D eigenvalue weighted by atomic mass is 10.2. The average Bonchev–Trinajstić information content (AvgIpc) is 2.69. The monoisotopic (exact) mass is 213 g/mol. The van der Waals surface area contributed by atoms with Crippen molar-refractivity contribution >= 4 is 0 Å². The van der Waals surface area contributed by atoms with Crippen molar-refractivity contribution < 1.29 is 0 Å². The lowest BCUT2D eigenvalue weighted by Crippen LogP contribution is -2.15. The molecule has 1 aromatic carbocycles. The summed E-state index contributed by atoms with van der Waals surface area (Å²) in [5.74, 6) is 0. The first-order valence-corrected chi connectivity index (χ1v) is 5.03. The molecule has 0 aliphatic carbocycles. The van der Waals surface area contributed by atoms with Gasteiger partial charge in [0.2, 0.25) is 0 Å². The van der Waals surface area contributed by atoms with Gasteiger partial charge in [-0.25, -0.2) is 0 Å². The van der Waals surface area contributed by atoms with E-state index in [1.165, 1.54) is 4.68 Å². The first-order chi connectivity index (χ1) is 7.81. The average molecular weight is 213 g/mol. The Labute approximate surface area is 92.7 Å². The van der Waals surface area contributed by atoms with Gasteiger partial charge in [0.15, 0.2) is 0 Å². The number of aryl methyl sites for hydroxylation is 1. The number of hydrogen-bond acceptors (Lipinski definition) is 2. The Morgan fingerprint density at radius 3 is 2.75 bits per heavy atom. The van der Waals surface area contributed by atoms with E-state index in [1.807, 2.05) is 36.4 Å². The second-order valence-corrected chi connectivity index (χ2v) is 3.43. The van der Waals surface area contributed by atoms with Crippen molar-refractivity contribution in [3.8, 4) is 17.3 Å². The van der Waals surface area contributed by atoms with Crippen LogP contribution in [-0.2, 0) is 6.54 Å². The number of rotatable bonds is 3. The van der Waals surface area contributed by atoms with Gasteiger partial charge in [0.1, 0.15) is 0 Å². The van der Waals surface area contributed by atoms with Crippen molar-refractivity contribution in [2.75, 3.05) is 0 Å². The minimum atomic E-state index is -0.103. The van der Waals surface area contributed by atoms with E-state index in [1.54, 1.807) is 6.07 Å². The van der Waals surface area contributed by atoms with E-state index < -0.39 is 0 Å². The highest BCUT2D eigenvalue weighted by Crippen LogP contribution is 2.13. The van der Waals surface area contributed by atoms with Gasteiger partial charge in [-0.2, -0.15) is 5.26 Å². The topological polar surface area (TPSA) is 61.6 Å². The molecule has 0 aliphatic rings. The molecule has 1 N–H and O–H groups in total. The van der Waals surface area contributed by atoms with Crippen LogP contribution >= 0.6 is 0 Å². The number of benzene rings is 1. The molecule has 0 atom stereocenters. The predicted molar refractivity (Wildman–Crippen MR) is 60.7 cm³/mol. The first kappa shape index (κ1) is 10.2. The van der Waals surface area contributed by atoms with Gasteiger partial charge in [-0.3, -0.25) is 14.6 Å². The van der Waals surface area contributed by atoms with Gasteiger partial charge in [-0.1, -0.05) is 30.3 Å². The van der Waals surface area contributed by atoms with E-state index in [4.69, 9.17) is 5.26 Å². The van der Waals surface area contributed by atoms with Gasteiger partial charge in [0.05, 0.1) is 24.7 Å². The predicted octanol–water partition coefficient (Wildman–Crippen LogP) is 1.76. The SMILES string of the molecule is N#CCCn1[nH]c(-c2ccccc2)cc1=O. The quantitative estimate of drug-likeness (QED) is 0.844. The first-order valence-electron chi connectivity index (χ1n) is 5.03. The van der Waals surface area contributed by atoms with Gasteiger partial charge in [0.25, 0.3) is 5.56 Å². The van der Waals surface area contributed by atoms with Crippen molar-refractivity contribution in [2.45, 2.75) is 13.0 Å². The summed E-state index contributed by atoms with van der Waals surface area (Å²) in [4.78, 5) is 11.5. The van der Waals surface area contributed by atoms with E-state index in [9.17, 15) is 4.79 Å². The fourth-order valence-electron chi connectivity index (χ4n) is 1.53. The Morgan fingerprint density at radius 1 is 1.31 bits per heavy atom. The van der Waals surface area contributed by atoms with Crippen LogP contribution in [0.15, 0.2) is 41.2 Å². The lowest BCUT2D eigenvalue weighted by molar-refractivity contribution is 0.610. The molecular formula is C12H11N3O. The van der Waals surface area contributed by atoms with Crippen molar-refractivity contribution in [1.29, 1.82) is 5.26 Å². The van der Waals surface area contributed by atoms with Gasteiger partial charge < -0.3 is 0 Å². The summed E-state index contributed by atoms with van der Waals surface area (Å²) in [5.41, 5.74) is 1.65. The summed E-state index contributed by atoms with van der Waals surface area (Å²) in [6.45, 7) is 0.405. The van der Waals surface area contributed by atoms with Crippen molar-refractivity contribution in [3.63, 3.8) is 0 Å². The Balaban J connectivity index is 2.32. The number of aromatic amines is 1. The smallest absolute Gasteiger partial charge is 0.267 e. The minimum absolute atomic E-state index is 0.103. The van der Waals surface area contributed by atoms with Crippen molar-refractivity contribution in [1.82, 2.24) is 9.78 Å². The number of aromatic nitrogens is 2. The van der Waals surface area contributed by atoms with Gasteiger partial charge in [-0.15, -0.1) is 0 Å². The maximum Gasteiger partial charge on any atom is 0.267 e. The number of H-pyrrole nitrogens is 1. The molecule has 0 amide bonds. The summed E-state index contributed by atoms with van der Waals surface area (Å²) in [7, 11) is 0. The third kappa shape index (κ3) is 2.04. The highest BCUT2D eigenvalue weighted by molar-refractivity contribution is 5.57. The molecule has 4 heteroatoms. The van der Waals surface area contributed by atoms with Gasteiger partial charge >= 0.3 is 0 Å². The van der Waals surface area contributed by atoms with Crippen LogP contribution < -0.4 is 5.56 Å². The van der Waals surface area contributed by atoms with Gasteiger partial charge in [-0.05, 0) is 5.56 Å². The van der Waals surface area contributed by atoms with Crippen LogP contribution in [-0.4, -0.2) is 9.78 Å². The van der Waals surface area contributed by atoms with E-state index in [2.05, 4.69) is 5.10 Å². The highest BCUT2D eigenvalue weighted by Gasteiger charge is 2.03. The Kier molecular flexibility index (Phi) is 2.88. The Morgan fingerprint density at radius 2 is 2.06 bits per heavy atom. The van der Waals surface area contributed by atoms with E-state index in [-0.39, 0.29) is 5.56 Å². The highest BCUT2D eigenvalue weighted by atomic mass is 16.1. The molecule has 0 saturated heterocycles. The second-order valence-electron chi connectivity index (χ2n) is 3.43. The zero-order valence-electron chi connectivity index (χ0n) is 8.68. The number of nitrogens with zero attached hydrogens (tertiary/aromatic N) is 2. The molecule has 0 spiro atoms. The Hall–Kier alpha value is -2.28. The summed E-state index contributed by atoms with van der Waals surface area (Å²) >= 11 is 0. The number of nitrogens with one attached hydrogen (secondary N) is 1. The zero-order chi connectivity index (χ0) is 11.4. The molecule has 0 fully saturated rings. The summed E-state index contributed by atoms with van der Waals surface area (Å²) in [6.07, 6.45) is 0.328. The standard InChI is InChI=1S/C12H11N3O/c13-7-4-8-15-12(16)9-11(14-15)10-5-2-1-3-6-10/h1-3,5-6,9,14H,4,8H2. The molecule has 2 rings (SSSR count).